The average Bonchev–Trinajstić information content (AvgIpc) is 2.49. The summed E-state index contributed by atoms with van der Waals surface area (Å²) in [5.74, 6) is 0. The predicted octanol–water partition coefficient (Wildman–Crippen LogP) is 2.71. The number of aryl methyl sites for hydroxylation is 1. The molecule has 1 heterocycles. The lowest BCUT2D eigenvalue weighted by atomic mass is 10.0. The largest absolute Gasteiger partial charge is 0.376 e. The molecule has 2 atom stereocenters. The summed E-state index contributed by atoms with van der Waals surface area (Å²) in [5, 5.41) is 3.59. The van der Waals surface area contributed by atoms with E-state index in [4.69, 9.17) is 9.47 Å². The molecule has 0 saturated carbocycles. The van der Waals surface area contributed by atoms with Crippen LogP contribution in [0.3, 0.4) is 0 Å². The molecule has 0 radical (unpaired) electrons. The topological polar surface area (TPSA) is 30.5 Å². The van der Waals surface area contributed by atoms with Crippen molar-refractivity contribution in [2.45, 2.75) is 38.8 Å². The smallest absolute Gasteiger partial charge is 0.0933 e. The van der Waals surface area contributed by atoms with Gasteiger partial charge in [-0.15, -0.1) is 0 Å². The third kappa shape index (κ3) is 4.30. The molecule has 1 saturated heterocycles. The fraction of sp³-hybridized carbons (Fsp3) is 0.625. The van der Waals surface area contributed by atoms with Gasteiger partial charge in [0.25, 0.3) is 0 Å². The Balaban J connectivity index is 1.87. The van der Waals surface area contributed by atoms with E-state index >= 15 is 0 Å². The highest BCUT2D eigenvalue weighted by molar-refractivity contribution is 5.25. The summed E-state index contributed by atoms with van der Waals surface area (Å²) in [7, 11) is 0. The zero-order chi connectivity index (χ0) is 13.5. The Kier molecular flexibility index (Phi) is 5.83. The Bertz CT molecular complexity index is 358. The summed E-state index contributed by atoms with van der Waals surface area (Å²) < 4.78 is 11.1. The molecule has 1 N–H and O–H groups in total. The van der Waals surface area contributed by atoms with Crippen LogP contribution in [0.25, 0.3) is 0 Å². The van der Waals surface area contributed by atoms with Crippen LogP contribution in [-0.2, 0) is 15.9 Å². The SMILES string of the molecule is CCc1ccc(C(CC)NCC2COCCO2)cc1. The molecule has 1 aliphatic heterocycles. The third-order valence-electron chi connectivity index (χ3n) is 3.68. The number of hydrogen-bond acceptors (Lipinski definition) is 3. The van der Waals surface area contributed by atoms with Crippen LogP contribution < -0.4 is 5.32 Å². The molecule has 2 unspecified atom stereocenters. The van der Waals surface area contributed by atoms with Crippen molar-refractivity contribution in [3.63, 3.8) is 0 Å². The van der Waals surface area contributed by atoms with Crippen molar-refractivity contribution in [2.75, 3.05) is 26.4 Å². The van der Waals surface area contributed by atoms with Crippen molar-refractivity contribution in [2.24, 2.45) is 0 Å². The first-order chi connectivity index (χ1) is 9.33. The van der Waals surface area contributed by atoms with Gasteiger partial charge in [-0.1, -0.05) is 38.1 Å². The number of nitrogens with one attached hydrogen (secondary N) is 1. The van der Waals surface area contributed by atoms with Crippen LogP contribution in [0.2, 0.25) is 0 Å². The third-order valence-corrected chi connectivity index (χ3v) is 3.68. The van der Waals surface area contributed by atoms with Gasteiger partial charge in [-0.3, -0.25) is 0 Å². The van der Waals surface area contributed by atoms with E-state index in [2.05, 4.69) is 43.4 Å². The van der Waals surface area contributed by atoms with E-state index in [1.165, 1.54) is 11.1 Å². The average molecular weight is 263 g/mol. The van der Waals surface area contributed by atoms with Gasteiger partial charge in [-0.2, -0.15) is 0 Å². The van der Waals surface area contributed by atoms with Gasteiger partial charge in [0.2, 0.25) is 0 Å². The molecule has 3 heteroatoms. The molecule has 0 aromatic heterocycles. The van der Waals surface area contributed by atoms with Crippen molar-refractivity contribution < 1.29 is 9.47 Å². The molecule has 2 rings (SSSR count). The normalized spacial score (nSPS) is 21.3. The molecule has 1 aliphatic rings. The van der Waals surface area contributed by atoms with Crippen LogP contribution >= 0.6 is 0 Å². The Labute approximate surface area is 116 Å². The summed E-state index contributed by atoms with van der Waals surface area (Å²) in [6, 6.07) is 9.31. The summed E-state index contributed by atoms with van der Waals surface area (Å²) in [6.45, 7) is 7.40. The van der Waals surface area contributed by atoms with E-state index in [9.17, 15) is 0 Å². The fourth-order valence-electron chi connectivity index (χ4n) is 2.41. The number of benzene rings is 1. The van der Waals surface area contributed by atoms with E-state index in [-0.39, 0.29) is 6.10 Å². The van der Waals surface area contributed by atoms with Crippen LogP contribution in [-0.4, -0.2) is 32.5 Å². The van der Waals surface area contributed by atoms with Gasteiger partial charge >= 0.3 is 0 Å². The molecule has 1 aromatic carbocycles. The standard InChI is InChI=1S/C16H25NO2/c1-3-13-5-7-14(8-6-13)16(4-2)17-11-15-12-18-9-10-19-15/h5-8,15-17H,3-4,9-12H2,1-2H3. The maximum atomic E-state index is 5.66. The van der Waals surface area contributed by atoms with Gasteiger partial charge in [0.15, 0.2) is 0 Å². The molecule has 0 bridgehead atoms. The second-order valence-electron chi connectivity index (χ2n) is 5.03. The predicted molar refractivity (Wildman–Crippen MR) is 77.4 cm³/mol. The maximum Gasteiger partial charge on any atom is 0.0933 e. The van der Waals surface area contributed by atoms with Crippen molar-refractivity contribution in [3.05, 3.63) is 35.4 Å². The zero-order valence-corrected chi connectivity index (χ0v) is 12.0. The molecule has 106 valence electrons. The molecular weight excluding hydrogens is 238 g/mol. The lowest BCUT2D eigenvalue weighted by Crippen LogP contribution is -2.38. The van der Waals surface area contributed by atoms with Gasteiger partial charge in [0.05, 0.1) is 25.9 Å². The van der Waals surface area contributed by atoms with Gasteiger partial charge in [0.1, 0.15) is 0 Å². The summed E-state index contributed by atoms with van der Waals surface area (Å²) in [5.41, 5.74) is 2.75. The maximum absolute atomic E-state index is 5.66. The first-order valence-corrected chi connectivity index (χ1v) is 7.35. The number of rotatable bonds is 6. The first-order valence-electron chi connectivity index (χ1n) is 7.35. The quantitative estimate of drug-likeness (QED) is 0.856. The first kappa shape index (κ1) is 14.5. The molecular formula is C16H25NO2. The van der Waals surface area contributed by atoms with Crippen LogP contribution in [0.1, 0.15) is 37.4 Å². The van der Waals surface area contributed by atoms with Crippen molar-refractivity contribution >= 4 is 0 Å². The highest BCUT2D eigenvalue weighted by Crippen LogP contribution is 2.17. The van der Waals surface area contributed by atoms with Gasteiger partial charge in [-0.25, -0.2) is 0 Å². The highest BCUT2D eigenvalue weighted by Gasteiger charge is 2.16. The van der Waals surface area contributed by atoms with E-state index < -0.39 is 0 Å². The number of hydrogen-bond donors (Lipinski definition) is 1. The Morgan fingerprint density at radius 1 is 1.21 bits per heavy atom. The van der Waals surface area contributed by atoms with Gasteiger partial charge in [0, 0.05) is 12.6 Å². The van der Waals surface area contributed by atoms with Crippen molar-refractivity contribution in [1.82, 2.24) is 5.32 Å². The molecule has 0 spiro atoms. The Morgan fingerprint density at radius 2 is 2.00 bits per heavy atom. The lowest BCUT2D eigenvalue weighted by Gasteiger charge is -2.26. The number of ether oxygens (including phenoxy) is 2. The van der Waals surface area contributed by atoms with E-state index in [0.717, 1.165) is 26.0 Å². The lowest BCUT2D eigenvalue weighted by molar-refractivity contribution is -0.0871. The Morgan fingerprint density at radius 3 is 2.58 bits per heavy atom. The minimum atomic E-state index is 0.192. The van der Waals surface area contributed by atoms with Crippen LogP contribution in [0.5, 0.6) is 0 Å². The second-order valence-corrected chi connectivity index (χ2v) is 5.03. The molecule has 3 nitrogen and oxygen atoms in total. The Hall–Kier alpha value is -0.900. The molecule has 0 aliphatic carbocycles. The molecule has 19 heavy (non-hydrogen) atoms. The van der Waals surface area contributed by atoms with Crippen LogP contribution in [0, 0.1) is 0 Å². The molecule has 0 amide bonds. The van der Waals surface area contributed by atoms with Crippen molar-refractivity contribution in [3.8, 4) is 0 Å². The molecule has 1 fully saturated rings. The van der Waals surface area contributed by atoms with E-state index in [1.54, 1.807) is 0 Å². The highest BCUT2D eigenvalue weighted by atomic mass is 16.6. The summed E-state index contributed by atoms with van der Waals surface area (Å²) in [6.07, 6.45) is 2.37. The van der Waals surface area contributed by atoms with Crippen molar-refractivity contribution in [1.29, 1.82) is 0 Å². The molecule has 1 aromatic rings. The van der Waals surface area contributed by atoms with Crippen LogP contribution in [0.4, 0.5) is 0 Å². The minimum absolute atomic E-state index is 0.192. The summed E-state index contributed by atoms with van der Waals surface area (Å²) >= 11 is 0. The zero-order valence-electron chi connectivity index (χ0n) is 12.0. The summed E-state index contributed by atoms with van der Waals surface area (Å²) in [4.78, 5) is 0. The second kappa shape index (κ2) is 7.63. The van der Waals surface area contributed by atoms with E-state index in [1.807, 2.05) is 0 Å². The van der Waals surface area contributed by atoms with Gasteiger partial charge < -0.3 is 14.8 Å². The van der Waals surface area contributed by atoms with E-state index in [0.29, 0.717) is 19.3 Å². The monoisotopic (exact) mass is 263 g/mol. The van der Waals surface area contributed by atoms with Crippen LogP contribution in [0.15, 0.2) is 24.3 Å². The minimum Gasteiger partial charge on any atom is -0.376 e. The van der Waals surface area contributed by atoms with Gasteiger partial charge in [-0.05, 0) is 24.0 Å². The fourth-order valence-corrected chi connectivity index (χ4v) is 2.41.